The van der Waals surface area contributed by atoms with Crippen molar-refractivity contribution in [1.82, 2.24) is 4.90 Å². The lowest BCUT2D eigenvalue weighted by Crippen LogP contribution is -2.50. The lowest BCUT2D eigenvalue weighted by molar-refractivity contribution is -0.151. The van der Waals surface area contributed by atoms with Crippen molar-refractivity contribution in [3.63, 3.8) is 0 Å². The third-order valence-corrected chi connectivity index (χ3v) is 15.4. The van der Waals surface area contributed by atoms with E-state index in [4.69, 9.17) is 16.2 Å². The van der Waals surface area contributed by atoms with E-state index >= 15 is 0 Å². The highest BCUT2D eigenvalue weighted by Crippen LogP contribution is 2.67. The van der Waals surface area contributed by atoms with E-state index in [1.165, 1.54) is 57.8 Å². The minimum Gasteiger partial charge on any atom is -0.462 e. The Balaban J connectivity index is 0.947. The van der Waals surface area contributed by atoms with Gasteiger partial charge in [-0.15, -0.1) is 0 Å². The van der Waals surface area contributed by atoms with Crippen LogP contribution in [0.2, 0.25) is 0 Å². The minimum absolute atomic E-state index is 0.00572. The number of amides is 1. The van der Waals surface area contributed by atoms with Gasteiger partial charge in [-0.25, -0.2) is 0 Å². The van der Waals surface area contributed by atoms with Crippen molar-refractivity contribution in [3.05, 3.63) is 11.6 Å². The van der Waals surface area contributed by atoms with Gasteiger partial charge in [0.15, 0.2) is 0 Å². The first kappa shape index (κ1) is 37.4. The van der Waals surface area contributed by atoms with Crippen LogP contribution in [0.1, 0.15) is 163 Å². The molecule has 6 aliphatic carbocycles. The van der Waals surface area contributed by atoms with Gasteiger partial charge in [0.1, 0.15) is 6.10 Å². The summed E-state index contributed by atoms with van der Waals surface area (Å²) < 4.78 is 6.12. The molecule has 7 atom stereocenters. The molecule has 0 aromatic rings. The topological polar surface area (TPSA) is 98.7 Å². The van der Waals surface area contributed by atoms with Crippen LogP contribution in [0.3, 0.4) is 0 Å². The number of esters is 1. The molecule has 0 aromatic carbocycles. The number of carbonyl (C=O) groups is 2. The number of unbranched alkanes of at least 4 members (excludes halogenated alkanes) is 1. The molecule has 6 aliphatic rings. The van der Waals surface area contributed by atoms with E-state index in [2.05, 4.69) is 38.7 Å². The van der Waals surface area contributed by atoms with Crippen molar-refractivity contribution >= 4 is 11.9 Å². The third kappa shape index (κ3) is 8.64. The van der Waals surface area contributed by atoms with Gasteiger partial charge in [-0.1, -0.05) is 58.6 Å². The quantitative estimate of drug-likeness (QED) is 0.0964. The molecule has 0 aliphatic heterocycles. The first-order valence-electron chi connectivity index (χ1n) is 21.1. The van der Waals surface area contributed by atoms with Gasteiger partial charge < -0.3 is 21.1 Å². The predicted octanol–water partition coefficient (Wildman–Crippen LogP) is 8.95. The number of fused-ring (bicyclic) bond motifs is 5. The van der Waals surface area contributed by atoms with E-state index in [0.717, 1.165) is 100 Å². The Morgan fingerprint density at radius 1 is 0.857 bits per heavy atom. The molecule has 0 spiro atoms. The summed E-state index contributed by atoms with van der Waals surface area (Å²) >= 11 is 0. The number of hydrogen-bond donors (Lipinski definition) is 2. The smallest absolute Gasteiger partial charge is 0.306 e. The van der Waals surface area contributed by atoms with E-state index in [-0.39, 0.29) is 23.4 Å². The van der Waals surface area contributed by atoms with E-state index in [1.807, 2.05) is 0 Å². The van der Waals surface area contributed by atoms with Crippen molar-refractivity contribution in [2.24, 2.45) is 63.7 Å². The lowest BCUT2D eigenvalue weighted by Gasteiger charge is -2.58. The highest BCUT2D eigenvalue weighted by atomic mass is 16.5. The van der Waals surface area contributed by atoms with E-state index < -0.39 is 0 Å². The van der Waals surface area contributed by atoms with Gasteiger partial charge in [-0.05, 0) is 149 Å². The van der Waals surface area contributed by atoms with Gasteiger partial charge in [0.2, 0.25) is 5.91 Å². The summed E-state index contributed by atoms with van der Waals surface area (Å²) in [5.41, 5.74) is 14.4. The maximum Gasteiger partial charge on any atom is 0.306 e. The van der Waals surface area contributed by atoms with Crippen molar-refractivity contribution in [2.75, 3.05) is 13.1 Å². The van der Waals surface area contributed by atoms with Crippen LogP contribution in [-0.2, 0) is 14.3 Å². The standard InChI is InChI=1S/C43H73N3O3/c1-29(2)8-5-6-9-32-13-15-38-37-14-12-33-28-36(16-20-43(33,4)39(37)17-21-42(32,38)3)49-41(48)11-7-10-40(47)46(22-18-30-24-34(44)25-30)23-19-31-26-35(45)27-31/h12,29-32,34-39H,5-11,13-28,44-45H2,1-4H3. The molecule has 0 aromatic heterocycles. The van der Waals surface area contributed by atoms with Crippen LogP contribution in [0.5, 0.6) is 0 Å². The SMILES string of the molecule is CC(C)CCCCC1CCC2C3CC=C4CC(OC(=O)CCCC(=O)N(CCC5CC(N)C5)CCC5CC(N)C5)CCC4(C)C3CCC12C. The molecular weight excluding hydrogens is 606 g/mol. The molecule has 6 nitrogen and oxygen atoms in total. The average molecular weight is 680 g/mol. The van der Waals surface area contributed by atoms with Gasteiger partial charge in [0, 0.05) is 44.4 Å². The van der Waals surface area contributed by atoms with Crippen molar-refractivity contribution < 1.29 is 14.3 Å². The maximum atomic E-state index is 13.3. The molecule has 7 unspecified atom stereocenters. The zero-order chi connectivity index (χ0) is 34.8. The molecule has 5 saturated carbocycles. The second-order valence-electron chi connectivity index (χ2n) is 19.1. The first-order valence-corrected chi connectivity index (χ1v) is 21.1. The number of nitrogens with zero attached hydrogens (tertiary/aromatic N) is 1. The van der Waals surface area contributed by atoms with Crippen LogP contribution in [0, 0.1) is 52.3 Å². The highest BCUT2D eigenvalue weighted by molar-refractivity contribution is 5.77. The summed E-state index contributed by atoms with van der Waals surface area (Å²) in [6.45, 7) is 11.6. The molecule has 1 amide bonds. The monoisotopic (exact) mass is 680 g/mol. The Hall–Kier alpha value is -1.40. The molecule has 49 heavy (non-hydrogen) atoms. The number of allylic oxidation sites excluding steroid dienone is 1. The molecule has 0 bridgehead atoms. The van der Waals surface area contributed by atoms with Crippen LogP contribution < -0.4 is 11.5 Å². The lowest BCUT2D eigenvalue weighted by atomic mass is 9.47. The van der Waals surface area contributed by atoms with E-state index in [1.54, 1.807) is 5.57 Å². The summed E-state index contributed by atoms with van der Waals surface area (Å²) in [5.74, 6) is 5.65. The normalized spacial score (nSPS) is 39.6. The van der Waals surface area contributed by atoms with Crippen molar-refractivity contribution in [1.29, 1.82) is 0 Å². The Labute approximate surface area is 299 Å². The Kier molecular flexibility index (Phi) is 12.3. The molecule has 0 radical (unpaired) electrons. The summed E-state index contributed by atoms with van der Waals surface area (Å²) in [6.07, 6.45) is 26.0. The van der Waals surface area contributed by atoms with Gasteiger partial charge in [-0.3, -0.25) is 9.59 Å². The molecule has 0 saturated heterocycles. The minimum atomic E-state index is -0.118. The predicted molar refractivity (Wildman–Crippen MR) is 199 cm³/mol. The van der Waals surface area contributed by atoms with E-state index in [0.29, 0.717) is 48.6 Å². The molecule has 6 rings (SSSR count). The fraction of sp³-hybridized carbons (Fsp3) is 0.907. The third-order valence-electron chi connectivity index (χ3n) is 15.4. The van der Waals surface area contributed by atoms with Crippen LogP contribution >= 0.6 is 0 Å². The number of hydrogen-bond acceptors (Lipinski definition) is 5. The molecule has 278 valence electrons. The van der Waals surface area contributed by atoms with Crippen molar-refractivity contribution in [3.8, 4) is 0 Å². The van der Waals surface area contributed by atoms with Crippen molar-refractivity contribution in [2.45, 2.75) is 181 Å². The summed E-state index contributed by atoms with van der Waals surface area (Å²) in [4.78, 5) is 28.4. The number of ether oxygens (including phenoxy) is 1. The fourth-order valence-corrected chi connectivity index (χ4v) is 12.1. The molecule has 0 heterocycles. The molecule has 6 heteroatoms. The summed E-state index contributed by atoms with van der Waals surface area (Å²) in [6, 6.07) is 0.692. The van der Waals surface area contributed by atoms with Crippen LogP contribution in [0.15, 0.2) is 11.6 Å². The van der Waals surface area contributed by atoms with Gasteiger partial charge >= 0.3 is 5.97 Å². The van der Waals surface area contributed by atoms with Gasteiger partial charge in [-0.2, -0.15) is 0 Å². The zero-order valence-electron chi connectivity index (χ0n) is 31.9. The Bertz CT molecular complexity index is 1130. The Morgan fingerprint density at radius 3 is 2.20 bits per heavy atom. The second-order valence-corrected chi connectivity index (χ2v) is 19.1. The molecule has 4 N–H and O–H groups in total. The second kappa shape index (κ2) is 16.1. The fourth-order valence-electron chi connectivity index (χ4n) is 12.1. The van der Waals surface area contributed by atoms with E-state index in [9.17, 15) is 9.59 Å². The van der Waals surface area contributed by atoms with Gasteiger partial charge in [0.05, 0.1) is 0 Å². The van der Waals surface area contributed by atoms with Crippen LogP contribution in [0.4, 0.5) is 0 Å². The zero-order valence-corrected chi connectivity index (χ0v) is 31.9. The number of rotatable bonds is 16. The van der Waals surface area contributed by atoms with Crippen LogP contribution in [-0.4, -0.2) is 48.1 Å². The maximum absolute atomic E-state index is 13.3. The molecular formula is C43H73N3O3. The average Bonchev–Trinajstić information content (AvgIpc) is 3.37. The molecule has 5 fully saturated rings. The van der Waals surface area contributed by atoms with Crippen LogP contribution in [0.25, 0.3) is 0 Å². The largest absolute Gasteiger partial charge is 0.462 e. The number of nitrogens with two attached hydrogens (primary N) is 2. The number of carbonyl (C=O) groups excluding carboxylic acids is 2. The summed E-state index contributed by atoms with van der Waals surface area (Å²) in [7, 11) is 0. The summed E-state index contributed by atoms with van der Waals surface area (Å²) in [5, 5.41) is 0. The van der Waals surface area contributed by atoms with Gasteiger partial charge in [0.25, 0.3) is 0 Å². The highest BCUT2D eigenvalue weighted by Gasteiger charge is 2.58. The Morgan fingerprint density at radius 2 is 1.55 bits per heavy atom. The first-order chi connectivity index (χ1) is 23.4.